The van der Waals surface area contributed by atoms with Crippen molar-refractivity contribution in [2.75, 3.05) is 28.2 Å². The quantitative estimate of drug-likeness (QED) is 0.786. The topological polar surface area (TPSA) is 104 Å². The van der Waals surface area contributed by atoms with Gasteiger partial charge in [-0.15, -0.1) is 0 Å². The Morgan fingerprint density at radius 1 is 1.30 bits per heavy atom. The summed E-state index contributed by atoms with van der Waals surface area (Å²) in [6.07, 6.45) is -1.67. The molecule has 12 heteroatoms. The molecular formula is C18H19F3N6O3. The van der Waals surface area contributed by atoms with Crippen molar-refractivity contribution in [1.82, 2.24) is 15.5 Å². The van der Waals surface area contributed by atoms with Crippen LogP contribution in [0.1, 0.15) is 30.3 Å². The first-order valence-electron chi connectivity index (χ1n) is 9.38. The van der Waals surface area contributed by atoms with Gasteiger partial charge in [-0.3, -0.25) is 15.0 Å². The zero-order valence-electron chi connectivity index (χ0n) is 15.9. The van der Waals surface area contributed by atoms with E-state index in [2.05, 4.69) is 20.4 Å². The molecular weight excluding hydrogens is 405 g/mol. The summed E-state index contributed by atoms with van der Waals surface area (Å²) in [5, 5.41) is 8.16. The van der Waals surface area contributed by atoms with Gasteiger partial charge in [0.1, 0.15) is 18.0 Å². The lowest BCUT2D eigenvalue weighted by molar-refractivity contribution is -0.149. The summed E-state index contributed by atoms with van der Waals surface area (Å²) >= 11 is 0. The van der Waals surface area contributed by atoms with Crippen LogP contribution in [0.2, 0.25) is 0 Å². The van der Waals surface area contributed by atoms with Crippen LogP contribution in [0.5, 0.6) is 0 Å². The number of nitrogens with one attached hydrogen (secondary N) is 2. The molecule has 4 heterocycles. The highest BCUT2D eigenvalue weighted by atomic mass is 19.4. The molecule has 160 valence electrons. The summed E-state index contributed by atoms with van der Waals surface area (Å²) in [6.45, 7) is 2.21. The molecule has 30 heavy (non-hydrogen) atoms. The van der Waals surface area contributed by atoms with Crippen LogP contribution < -0.4 is 20.4 Å². The van der Waals surface area contributed by atoms with E-state index in [4.69, 9.17) is 4.52 Å². The molecule has 0 saturated carbocycles. The van der Waals surface area contributed by atoms with Crippen LogP contribution in [0.25, 0.3) is 0 Å². The maximum absolute atomic E-state index is 12.9. The Morgan fingerprint density at radius 2 is 2.10 bits per heavy atom. The molecule has 0 aliphatic carbocycles. The van der Waals surface area contributed by atoms with E-state index in [-0.39, 0.29) is 23.4 Å². The minimum absolute atomic E-state index is 0.196. The first-order valence-corrected chi connectivity index (χ1v) is 9.38. The summed E-state index contributed by atoms with van der Waals surface area (Å²) in [7, 11) is 0. The number of piperidine rings is 1. The van der Waals surface area contributed by atoms with Crippen molar-refractivity contribution in [3.63, 3.8) is 0 Å². The molecule has 3 amide bonds. The molecule has 2 bridgehead atoms. The van der Waals surface area contributed by atoms with Gasteiger partial charge in [0.2, 0.25) is 0 Å². The second-order valence-corrected chi connectivity index (χ2v) is 7.20. The molecule has 1 fully saturated rings. The molecule has 0 radical (unpaired) electrons. The Kier molecular flexibility index (Phi) is 5.00. The number of rotatable bonds is 3. The highest BCUT2D eigenvalue weighted by Gasteiger charge is 2.40. The molecule has 2 aromatic rings. The summed E-state index contributed by atoms with van der Waals surface area (Å²) in [4.78, 5) is 33.0. The molecule has 1 saturated heterocycles. The number of nitrogens with zero attached hydrogens (tertiary/aromatic N) is 4. The third-order valence-corrected chi connectivity index (χ3v) is 5.15. The van der Waals surface area contributed by atoms with E-state index in [1.165, 1.54) is 23.3 Å². The average molecular weight is 424 g/mol. The Hall–Kier alpha value is -3.31. The Bertz CT molecular complexity index is 949. The van der Waals surface area contributed by atoms with Gasteiger partial charge in [-0.05, 0) is 31.9 Å². The number of aromatic nitrogens is 2. The van der Waals surface area contributed by atoms with Crippen LogP contribution in [0, 0.1) is 0 Å². The summed E-state index contributed by atoms with van der Waals surface area (Å²) in [6, 6.07) is 1.71. The zero-order chi connectivity index (χ0) is 21.5. The smallest absolute Gasteiger partial charge is 0.366 e. The fourth-order valence-corrected chi connectivity index (χ4v) is 3.61. The van der Waals surface area contributed by atoms with Crippen LogP contribution in [0.15, 0.2) is 29.0 Å². The SMILES string of the molecule is CC(NC(=O)c1ccc2c(n1)N(C(=O)Nc1ccon1)[C@H]1CCCN2C1)C(F)(F)F. The molecule has 2 aliphatic heterocycles. The predicted octanol–water partition coefficient (Wildman–Crippen LogP) is 2.77. The highest BCUT2D eigenvalue weighted by Crippen LogP contribution is 2.38. The first kappa shape index (κ1) is 20.0. The van der Waals surface area contributed by atoms with Gasteiger partial charge >= 0.3 is 12.2 Å². The fourth-order valence-electron chi connectivity index (χ4n) is 3.61. The second kappa shape index (κ2) is 7.50. The maximum atomic E-state index is 12.9. The molecule has 2 N–H and O–H groups in total. The number of hydrogen-bond acceptors (Lipinski definition) is 6. The van der Waals surface area contributed by atoms with E-state index in [1.807, 2.05) is 5.32 Å². The third kappa shape index (κ3) is 3.76. The van der Waals surface area contributed by atoms with Gasteiger partial charge in [0.05, 0.1) is 11.7 Å². The molecule has 0 spiro atoms. The third-order valence-electron chi connectivity index (χ3n) is 5.15. The lowest BCUT2D eigenvalue weighted by atomic mass is 9.99. The van der Waals surface area contributed by atoms with Crippen molar-refractivity contribution in [2.24, 2.45) is 0 Å². The Labute approximate surface area is 169 Å². The molecule has 0 aromatic carbocycles. The fraction of sp³-hybridized carbons (Fsp3) is 0.444. The van der Waals surface area contributed by atoms with Crippen molar-refractivity contribution in [3.05, 3.63) is 30.2 Å². The molecule has 4 rings (SSSR count). The Balaban J connectivity index is 1.65. The van der Waals surface area contributed by atoms with E-state index < -0.39 is 24.2 Å². The minimum Gasteiger partial charge on any atom is -0.366 e. The number of carbonyl (C=O) groups excluding carboxylic acids is 2. The normalized spacial score (nSPS) is 19.1. The standard InChI is InChI=1S/C18H19F3N6O3/c1-10(18(19,20)21)22-16(28)12-4-5-13-15(23-12)27(11-3-2-7-26(13)9-11)17(29)24-14-6-8-30-25-14/h4-6,8,10-11H,2-3,7,9H2,1H3,(H,22,28)(H,24,25,29)/t10?,11-/m0/s1. The largest absolute Gasteiger partial charge is 0.408 e. The van der Waals surface area contributed by atoms with Gasteiger partial charge in [0, 0.05) is 19.2 Å². The van der Waals surface area contributed by atoms with Gasteiger partial charge in [-0.2, -0.15) is 13.2 Å². The number of urea groups is 1. The summed E-state index contributed by atoms with van der Waals surface area (Å²) in [5.41, 5.74) is 0.437. The van der Waals surface area contributed by atoms with Crippen LogP contribution in [-0.2, 0) is 0 Å². The number of anilines is 3. The summed E-state index contributed by atoms with van der Waals surface area (Å²) in [5.74, 6) is -0.530. The lowest BCUT2D eigenvalue weighted by Crippen LogP contribution is -2.56. The van der Waals surface area contributed by atoms with E-state index >= 15 is 0 Å². The van der Waals surface area contributed by atoms with Crippen LogP contribution >= 0.6 is 0 Å². The van der Waals surface area contributed by atoms with Crippen molar-refractivity contribution in [2.45, 2.75) is 38.0 Å². The van der Waals surface area contributed by atoms with E-state index in [1.54, 1.807) is 6.07 Å². The van der Waals surface area contributed by atoms with Gasteiger partial charge in [-0.1, -0.05) is 5.16 Å². The van der Waals surface area contributed by atoms with Crippen LogP contribution in [0.4, 0.5) is 35.3 Å². The van der Waals surface area contributed by atoms with E-state index in [9.17, 15) is 22.8 Å². The number of pyridine rings is 1. The number of hydrogen-bond donors (Lipinski definition) is 2. The van der Waals surface area contributed by atoms with Crippen LogP contribution in [-0.4, -0.2) is 53.4 Å². The van der Waals surface area contributed by atoms with E-state index in [0.29, 0.717) is 12.2 Å². The van der Waals surface area contributed by atoms with Gasteiger partial charge in [0.15, 0.2) is 11.6 Å². The second-order valence-electron chi connectivity index (χ2n) is 7.20. The summed E-state index contributed by atoms with van der Waals surface area (Å²) < 4.78 is 43.1. The number of halogens is 3. The maximum Gasteiger partial charge on any atom is 0.408 e. The van der Waals surface area contributed by atoms with Crippen molar-refractivity contribution >= 4 is 29.3 Å². The van der Waals surface area contributed by atoms with Crippen LogP contribution in [0.3, 0.4) is 0 Å². The number of amides is 3. The first-order chi connectivity index (χ1) is 14.2. The average Bonchev–Trinajstić information content (AvgIpc) is 3.20. The minimum atomic E-state index is -4.57. The lowest BCUT2D eigenvalue weighted by Gasteiger charge is -2.45. The molecule has 2 aliphatic rings. The Morgan fingerprint density at radius 3 is 2.80 bits per heavy atom. The van der Waals surface area contributed by atoms with Gasteiger partial charge in [0.25, 0.3) is 5.91 Å². The number of fused-ring (bicyclic) bond motifs is 4. The van der Waals surface area contributed by atoms with Crippen molar-refractivity contribution < 1.29 is 27.3 Å². The van der Waals surface area contributed by atoms with Gasteiger partial charge in [-0.25, -0.2) is 9.78 Å². The predicted molar refractivity (Wildman–Crippen MR) is 100 cm³/mol. The molecule has 2 aromatic heterocycles. The van der Waals surface area contributed by atoms with E-state index in [0.717, 1.165) is 26.3 Å². The molecule has 2 atom stereocenters. The highest BCUT2D eigenvalue weighted by molar-refractivity contribution is 6.04. The molecule has 9 nitrogen and oxygen atoms in total. The number of alkyl halides is 3. The van der Waals surface area contributed by atoms with Crippen molar-refractivity contribution in [3.8, 4) is 0 Å². The van der Waals surface area contributed by atoms with Crippen molar-refractivity contribution in [1.29, 1.82) is 0 Å². The zero-order valence-corrected chi connectivity index (χ0v) is 15.9. The monoisotopic (exact) mass is 424 g/mol. The molecule has 1 unspecified atom stereocenters. The number of carbonyl (C=O) groups is 2. The van der Waals surface area contributed by atoms with Gasteiger partial charge < -0.3 is 14.7 Å².